The highest BCUT2D eigenvalue weighted by atomic mass is 79.9. The Balaban J connectivity index is 0.000000199. The normalized spacial score (nSPS) is 9.56. The molecule has 18 heavy (non-hydrogen) atoms. The Hall–Kier alpha value is -0.0400. The standard InChI is InChI=1S/C6H2Br4O.C6H6O/c7-2-1-3(11)5(9)6(10)4(2)8;7-6-4-2-1-3-5-6/h1,11H;1-5,7H. The van der Waals surface area contributed by atoms with Crippen molar-refractivity contribution in [3.63, 3.8) is 0 Å². The monoisotopic (exact) mass is 500 g/mol. The quantitative estimate of drug-likeness (QED) is 0.351. The van der Waals surface area contributed by atoms with Crippen LogP contribution >= 0.6 is 63.7 Å². The van der Waals surface area contributed by atoms with Gasteiger partial charge in [0.1, 0.15) is 11.5 Å². The molecule has 0 heterocycles. The van der Waals surface area contributed by atoms with Crippen molar-refractivity contribution in [3.8, 4) is 11.5 Å². The molecular weight excluding hydrogens is 496 g/mol. The van der Waals surface area contributed by atoms with Crippen LogP contribution in [0.25, 0.3) is 0 Å². The Bertz CT molecular complexity index is 503. The summed E-state index contributed by atoms with van der Waals surface area (Å²) >= 11 is 13.1. The van der Waals surface area contributed by atoms with Crippen LogP contribution in [-0.4, -0.2) is 10.2 Å². The van der Waals surface area contributed by atoms with Gasteiger partial charge in [-0.15, -0.1) is 0 Å². The summed E-state index contributed by atoms with van der Waals surface area (Å²) in [7, 11) is 0. The maximum atomic E-state index is 9.28. The first kappa shape index (κ1) is 16.0. The number of aromatic hydroxyl groups is 2. The molecule has 0 aromatic heterocycles. The fourth-order valence-corrected chi connectivity index (χ4v) is 2.98. The predicted molar refractivity (Wildman–Crippen MR) is 87.0 cm³/mol. The van der Waals surface area contributed by atoms with Crippen LogP contribution in [-0.2, 0) is 0 Å². The van der Waals surface area contributed by atoms with E-state index in [0.717, 1.165) is 13.4 Å². The molecule has 0 atom stereocenters. The zero-order chi connectivity index (χ0) is 13.7. The highest BCUT2D eigenvalue weighted by Gasteiger charge is 2.09. The van der Waals surface area contributed by atoms with Crippen molar-refractivity contribution in [3.05, 3.63) is 54.3 Å². The van der Waals surface area contributed by atoms with Crippen molar-refractivity contribution in [2.45, 2.75) is 0 Å². The van der Waals surface area contributed by atoms with Gasteiger partial charge in [-0.05, 0) is 81.9 Å². The average molecular weight is 504 g/mol. The van der Waals surface area contributed by atoms with E-state index in [-0.39, 0.29) is 5.75 Å². The second-order valence-corrected chi connectivity index (χ2v) is 6.39. The summed E-state index contributed by atoms with van der Waals surface area (Å²) in [4.78, 5) is 0. The molecule has 0 bridgehead atoms. The topological polar surface area (TPSA) is 40.5 Å². The van der Waals surface area contributed by atoms with Gasteiger partial charge in [-0.25, -0.2) is 0 Å². The molecule has 0 amide bonds. The Kier molecular flexibility index (Phi) is 6.70. The lowest BCUT2D eigenvalue weighted by atomic mass is 10.3. The molecule has 0 radical (unpaired) electrons. The highest BCUT2D eigenvalue weighted by Crippen LogP contribution is 2.41. The lowest BCUT2D eigenvalue weighted by Gasteiger charge is -2.03. The Morgan fingerprint density at radius 1 is 0.722 bits per heavy atom. The third-order valence-electron chi connectivity index (χ3n) is 1.84. The molecule has 0 saturated carbocycles. The average Bonchev–Trinajstić information content (AvgIpc) is 2.36. The minimum atomic E-state index is 0.201. The van der Waals surface area contributed by atoms with Gasteiger partial charge in [0.05, 0.1) is 8.95 Å². The lowest BCUT2D eigenvalue weighted by molar-refractivity contribution is 0.471. The van der Waals surface area contributed by atoms with Crippen LogP contribution in [0.4, 0.5) is 0 Å². The molecule has 2 nitrogen and oxygen atoms in total. The van der Waals surface area contributed by atoms with Gasteiger partial charge in [-0.2, -0.15) is 0 Å². The molecule has 0 aliphatic rings. The smallest absolute Gasteiger partial charge is 0.132 e. The molecule has 2 rings (SSSR count). The summed E-state index contributed by atoms with van der Waals surface area (Å²) in [6.07, 6.45) is 0. The van der Waals surface area contributed by atoms with Gasteiger partial charge < -0.3 is 10.2 Å². The Morgan fingerprint density at radius 2 is 1.28 bits per heavy atom. The van der Waals surface area contributed by atoms with Crippen LogP contribution in [0, 0.1) is 0 Å². The third-order valence-corrected chi connectivity index (χ3v) is 6.48. The molecular formula is C12H8Br4O2. The molecule has 2 aromatic carbocycles. The number of hydrogen-bond donors (Lipinski definition) is 2. The number of benzene rings is 2. The first-order chi connectivity index (χ1) is 8.43. The van der Waals surface area contributed by atoms with Crippen molar-refractivity contribution in [2.75, 3.05) is 0 Å². The molecule has 0 unspecified atom stereocenters. The molecule has 96 valence electrons. The van der Waals surface area contributed by atoms with Crippen LogP contribution in [0.3, 0.4) is 0 Å². The molecule has 2 aromatic rings. The molecule has 2 N–H and O–H groups in total. The number of para-hydroxylation sites is 1. The molecule has 0 aliphatic carbocycles. The van der Waals surface area contributed by atoms with Gasteiger partial charge in [0.15, 0.2) is 0 Å². The SMILES string of the molecule is Oc1cc(Br)c(Br)c(Br)c1Br.Oc1ccccc1. The molecule has 0 fully saturated rings. The number of phenolic OH excluding ortho intramolecular Hbond substituents is 2. The van der Waals surface area contributed by atoms with Crippen molar-refractivity contribution >= 4 is 63.7 Å². The van der Waals surface area contributed by atoms with Crippen LogP contribution in [0.1, 0.15) is 0 Å². The summed E-state index contributed by atoms with van der Waals surface area (Å²) in [6.45, 7) is 0. The summed E-state index contributed by atoms with van der Waals surface area (Å²) in [6, 6.07) is 10.3. The van der Waals surface area contributed by atoms with E-state index in [1.165, 1.54) is 0 Å². The first-order valence-electron chi connectivity index (χ1n) is 4.69. The van der Waals surface area contributed by atoms with E-state index in [0.29, 0.717) is 10.2 Å². The molecule has 0 saturated heterocycles. The van der Waals surface area contributed by atoms with Gasteiger partial charge >= 0.3 is 0 Å². The molecule has 0 aliphatic heterocycles. The van der Waals surface area contributed by atoms with Crippen molar-refractivity contribution in [1.29, 1.82) is 0 Å². The van der Waals surface area contributed by atoms with Crippen LogP contribution in [0.15, 0.2) is 54.3 Å². The number of halogens is 4. The van der Waals surface area contributed by atoms with Gasteiger partial charge in [0.2, 0.25) is 0 Å². The van der Waals surface area contributed by atoms with Crippen molar-refractivity contribution < 1.29 is 10.2 Å². The lowest BCUT2D eigenvalue weighted by Crippen LogP contribution is -1.76. The summed E-state index contributed by atoms with van der Waals surface area (Å²) in [5.74, 6) is 0.523. The predicted octanol–water partition coefficient (Wildman–Crippen LogP) is 5.83. The fourth-order valence-electron chi connectivity index (χ4n) is 0.988. The van der Waals surface area contributed by atoms with Crippen LogP contribution < -0.4 is 0 Å². The maximum Gasteiger partial charge on any atom is 0.132 e. The number of rotatable bonds is 0. The molecule has 6 heteroatoms. The van der Waals surface area contributed by atoms with Crippen molar-refractivity contribution in [2.24, 2.45) is 0 Å². The van der Waals surface area contributed by atoms with Crippen molar-refractivity contribution in [1.82, 2.24) is 0 Å². The van der Waals surface area contributed by atoms with E-state index in [2.05, 4.69) is 63.7 Å². The second-order valence-electron chi connectivity index (χ2n) is 3.16. The minimum Gasteiger partial charge on any atom is -0.508 e. The van der Waals surface area contributed by atoms with Gasteiger partial charge in [-0.1, -0.05) is 18.2 Å². The maximum absolute atomic E-state index is 9.28. The van der Waals surface area contributed by atoms with E-state index >= 15 is 0 Å². The van der Waals surface area contributed by atoms with E-state index in [9.17, 15) is 5.11 Å². The van der Waals surface area contributed by atoms with E-state index in [1.54, 1.807) is 30.3 Å². The zero-order valence-corrected chi connectivity index (χ0v) is 15.2. The number of phenols is 2. The van der Waals surface area contributed by atoms with Gasteiger partial charge in [0.25, 0.3) is 0 Å². The largest absolute Gasteiger partial charge is 0.508 e. The van der Waals surface area contributed by atoms with Crippen LogP contribution in [0.5, 0.6) is 11.5 Å². The van der Waals surface area contributed by atoms with E-state index in [4.69, 9.17) is 5.11 Å². The minimum absolute atomic E-state index is 0.201. The Morgan fingerprint density at radius 3 is 1.72 bits per heavy atom. The molecule has 0 spiro atoms. The third kappa shape index (κ3) is 4.57. The van der Waals surface area contributed by atoms with Gasteiger partial charge in [0, 0.05) is 8.95 Å². The summed E-state index contributed by atoms with van der Waals surface area (Å²) in [5.41, 5.74) is 0. The van der Waals surface area contributed by atoms with Crippen LogP contribution in [0.2, 0.25) is 0 Å². The summed E-state index contributed by atoms with van der Waals surface area (Å²) in [5, 5.41) is 17.9. The first-order valence-corrected chi connectivity index (χ1v) is 7.86. The van der Waals surface area contributed by atoms with E-state index in [1.807, 2.05) is 6.07 Å². The number of hydrogen-bond acceptors (Lipinski definition) is 2. The Labute approximate surface area is 139 Å². The zero-order valence-electron chi connectivity index (χ0n) is 8.87. The fraction of sp³-hybridized carbons (Fsp3) is 0. The summed E-state index contributed by atoms with van der Waals surface area (Å²) < 4.78 is 3.13. The van der Waals surface area contributed by atoms with Gasteiger partial charge in [-0.3, -0.25) is 0 Å². The second kappa shape index (κ2) is 7.53. The van der Waals surface area contributed by atoms with E-state index < -0.39 is 0 Å². The highest BCUT2D eigenvalue weighted by molar-refractivity contribution is 9.15.